The van der Waals surface area contributed by atoms with Crippen LogP contribution in [-0.4, -0.2) is 39.6 Å². The highest BCUT2D eigenvalue weighted by Gasteiger charge is 2.31. The number of ether oxygens (including phenoxy) is 1. The molecule has 2 aromatic heterocycles. The van der Waals surface area contributed by atoms with Gasteiger partial charge in [0.25, 0.3) is 5.91 Å². The second-order valence-corrected chi connectivity index (χ2v) is 10.3. The van der Waals surface area contributed by atoms with Crippen molar-refractivity contribution in [1.29, 1.82) is 0 Å². The van der Waals surface area contributed by atoms with E-state index in [4.69, 9.17) is 4.74 Å². The zero-order valence-electron chi connectivity index (χ0n) is 21.1. The maximum atomic E-state index is 13.9. The van der Waals surface area contributed by atoms with E-state index in [9.17, 15) is 14.7 Å². The minimum absolute atomic E-state index is 0.0249. The molecule has 0 unspecified atom stereocenters. The fraction of sp³-hybridized carbons (Fsp3) is 0.345. The highest BCUT2D eigenvalue weighted by molar-refractivity contribution is 7.13. The van der Waals surface area contributed by atoms with Crippen LogP contribution in [0, 0.1) is 6.92 Å². The first-order chi connectivity index (χ1) is 18.0. The number of carbonyl (C=O) groups excluding carboxylic acids is 2. The van der Waals surface area contributed by atoms with Gasteiger partial charge in [0.1, 0.15) is 5.75 Å². The van der Waals surface area contributed by atoms with Crippen LogP contribution in [0.15, 0.2) is 54.0 Å². The Bertz CT molecular complexity index is 1420. The number of hydrogen-bond acceptors (Lipinski definition) is 6. The lowest BCUT2D eigenvalue weighted by atomic mass is 9.94. The molecule has 8 heteroatoms. The van der Waals surface area contributed by atoms with Crippen molar-refractivity contribution in [2.45, 2.75) is 58.1 Å². The number of aromatic nitrogens is 2. The third-order valence-corrected chi connectivity index (χ3v) is 8.05. The van der Waals surface area contributed by atoms with Crippen LogP contribution in [0.3, 0.4) is 0 Å². The largest absolute Gasteiger partial charge is 0.496 e. The minimum atomic E-state index is -0.223. The Labute approximate surface area is 220 Å². The summed E-state index contributed by atoms with van der Waals surface area (Å²) < 4.78 is 7.11. The van der Waals surface area contributed by atoms with Gasteiger partial charge < -0.3 is 9.84 Å². The molecule has 192 valence electrons. The Morgan fingerprint density at radius 1 is 1.16 bits per heavy atom. The number of benzene rings is 2. The summed E-state index contributed by atoms with van der Waals surface area (Å²) in [6.45, 7) is 1.75. The quantitative estimate of drug-likeness (QED) is 0.350. The first-order valence-corrected chi connectivity index (χ1v) is 13.5. The van der Waals surface area contributed by atoms with Crippen molar-refractivity contribution in [1.82, 2.24) is 9.55 Å². The number of hydrogen-bond donors (Lipinski definition) is 1. The molecule has 0 bridgehead atoms. The molecule has 0 spiro atoms. The van der Waals surface area contributed by atoms with Gasteiger partial charge in [-0.05, 0) is 55.2 Å². The number of methoxy groups -OCH3 is 1. The lowest BCUT2D eigenvalue weighted by molar-refractivity contribution is -0.118. The van der Waals surface area contributed by atoms with Gasteiger partial charge in [-0.15, -0.1) is 11.3 Å². The Morgan fingerprint density at radius 2 is 1.95 bits per heavy atom. The first-order valence-electron chi connectivity index (χ1n) is 12.7. The molecule has 0 radical (unpaired) electrons. The number of fused-ring (bicyclic) bond motifs is 1. The topological polar surface area (TPSA) is 84.7 Å². The van der Waals surface area contributed by atoms with E-state index in [0.29, 0.717) is 22.5 Å². The van der Waals surface area contributed by atoms with E-state index >= 15 is 0 Å². The number of para-hydroxylation sites is 1. The van der Waals surface area contributed by atoms with E-state index < -0.39 is 0 Å². The summed E-state index contributed by atoms with van der Waals surface area (Å²) in [6.07, 6.45) is 7.20. The van der Waals surface area contributed by atoms with Gasteiger partial charge in [-0.2, -0.15) is 0 Å². The van der Waals surface area contributed by atoms with Crippen molar-refractivity contribution < 1.29 is 19.4 Å². The summed E-state index contributed by atoms with van der Waals surface area (Å²) in [5, 5.41) is 13.2. The van der Waals surface area contributed by atoms with Crippen LogP contribution in [0.2, 0.25) is 0 Å². The summed E-state index contributed by atoms with van der Waals surface area (Å²) in [4.78, 5) is 34.1. The maximum Gasteiger partial charge on any atom is 0.266 e. The number of aliphatic hydroxyl groups is 1. The molecule has 1 saturated carbocycles. The van der Waals surface area contributed by atoms with Gasteiger partial charge in [0, 0.05) is 28.7 Å². The smallest absolute Gasteiger partial charge is 0.266 e. The van der Waals surface area contributed by atoms with Crippen molar-refractivity contribution in [3.05, 3.63) is 76.4 Å². The number of carbonyl (C=O) groups is 2. The van der Waals surface area contributed by atoms with Crippen molar-refractivity contribution in [2.24, 2.45) is 0 Å². The molecule has 1 N–H and O–H groups in total. The van der Waals surface area contributed by atoms with Gasteiger partial charge in [-0.25, -0.2) is 4.98 Å². The Hall–Kier alpha value is -3.49. The molecule has 1 amide bonds. The van der Waals surface area contributed by atoms with E-state index in [1.54, 1.807) is 36.1 Å². The van der Waals surface area contributed by atoms with E-state index in [-0.39, 0.29) is 30.9 Å². The van der Waals surface area contributed by atoms with Crippen LogP contribution < -0.4 is 9.64 Å². The lowest BCUT2D eigenvalue weighted by Crippen LogP contribution is -2.42. The number of thiazole rings is 1. The third-order valence-electron chi connectivity index (χ3n) is 7.28. The van der Waals surface area contributed by atoms with Gasteiger partial charge in [0.15, 0.2) is 5.13 Å². The van der Waals surface area contributed by atoms with Gasteiger partial charge in [0.05, 0.1) is 31.2 Å². The summed E-state index contributed by atoms with van der Waals surface area (Å²) in [5.74, 6) is 0.244. The average molecular weight is 518 g/mol. The van der Waals surface area contributed by atoms with Gasteiger partial charge in [0.2, 0.25) is 5.91 Å². The summed E-state index contributed by atoms with van der Waals surface area (Å²) in [7, 11) is 1.54. The predicted octanol–water partition coefficient (Wildman–Crippen LogP) is 5.50. The van der Waals surface area contributed by atoms with Gasteiger partial charge >= 0.3 is 0 Å². The van der Waals surface area contributed by atoms with Crippen LogP contribution in [0.5, 0.6) is 5.75 Å². The molecule has 1 aliphatic rings. The van der Waals surface area contributed by atoms with E-state index in [2.05, 4.69) is 4.98 Å². The molecule has 0 saturated heterocycles. The number of aliphatic hydroxyl groups excluding tert-OH is 1. The highest BCUT2D eigenvalue weighted by Crippen LogP contribution is 2.33. The van der Waals surface area contributed by atoms with Crippen molar-refractivity contribution >= 4 is 39.2 Å². The fourth-order valence-electron chi connectivity index (χ4n) is 5.43. The van der Waals surface area contributed by atoms with E-state index in [0.717, 1.165) is 47.3 Å². The molecule has 0 aliphatic heterocycles. The fourth-order valence-corrected chi connectivity index (χ4v) is 6.16. The first kappa shape index (κ1) is 25.2. The molecular weight excluding hydrogens is 486 g/mol. The van der Waals surface area contributed by atoms with Gasteiger partial charge in [-0.1, -0.05) is 37.5 Å². The standard InChI is InChI=1S/C29H31N3O4S/c1-19-23(17-27(34)32(29-30-14-15-37-29)21-8-4-3-5-9-21)24-16-20(18-33)12-13-25(24)31(19)28(35)22-10-6-7-11-26(22)36-2/h6-7,10-16,21,33H,3-5,8-9,17-18H2,1-2H3. The summed E-state index contributed by atoms with van der Waals surface area (Å²) >= 11 is 1.48. The molecule has 1 aliphatic carbocycles. The Balaban J connectivity index is 1.59. The molecule has 2 heterocycles. The van der Waals surface area contributed by atoms with Crippen LogP contribution in [0.4, 0.5) is 5.13 Å². The summed E-state index contributed by atoms with van der Waals surface area (Å²) in [6, 6.07) is 12.8. The molecule has 4 aromatic rings. The molecule has 7 nitrogen and oxygen atoms in total. The number of anilines is 1. The maximum absolute atomic E-state index is 13.9. The Kier molecular flexibility index (Phi) is 7.39. The summed E-state index contributed by atoms with van der Waals surface area (Å²) in [5.41, 5.74) is 3.37. The molecule has 2 aromatic carbocycles. The minimum Gasteiger partial charge on any atom is -0.496 e. The van der Waals surface area contributed by atoms with Crippen molar-refractivity contribution in [3.8, 4) is 5.75 Å². The SMILES string of the molecule is COc1ccccc1C(=O)n1c(C)c(CC(=O)N(c2nccs2)C2CCCCC2)c2cc(CO)ccc21. The zero-order valence-corrected chi connectivity index (χ0v) is 22.0. The van der Waals surface area contributed by atoms with E-state index in [1.165, 1.54) is 17.8 Å². The second-order valence-electron chi connectivity index (χ2n) is 9.46. The molecule has 0 atom stereocenters. The monoisotopic (exact) mass is 517 g/mol. The van der Waals surface area contributed by atoms with Gasteiger partial charge in [-0.3, -0.25) is 19.1 Å². The van der Waals surface area contributed by atoms with Crippen LogP contribution >= 0.6 is 11.3 Å². The molecule has 5 rings (SSSR count). The van der Waals surface area contributed by atoms with Crippen LogP contribution in [-0.2, 0) is 17.8 Å². The van der Waals surface area contributed by atoms with Crippen molar-refractivity contribution in [3.63, 3.8) is 0 Å². The van der Waals surface area contributed by atoms with E-state index in [1.807, 2.05) is 41.5 Å². The Morgan fingerprint density at radius 3 is 2.65 bits per heavy atom. The van der Waals surface area contributed by atoms with Crippen LogP contribution in [0.1, 0.15) is 59.3 Å². The normalized spacial score (nSPS) is 14.1. The number of amides is 1. The average Bonchev–Trinajstić information content (AvgIpc) is 3.55. The zero-order chi connectivity index (χ0) is 25.9. The molecule has 1 fully saturated rings. The number of rotatable bonds is 7. The second kappa shape index (κ2) is 10.9. The molecule has 37 heavy (non-hydrogen) atoms. The highest BCUT2D eigenvalue weighted by atomic mass is 32.1. The van der Waals surface area contributed by atoms with Crippen molar-refractivity contribution in [2.75, 3.05) is 12.0 Å². The molecular formula is C29H31N3O4S. The lowest BCUT2D eigenvalue weighted by Gasteiger charge is -2.32. The number of nitrogens with zero attached hydrogens (tertiary/aromatic N) is 3. The third kappa shape index (κ3) is 4.79. The van der Waals surface area contributed by atoms with Crippen LogP contribution in [0.25, 0.3) is 10.9 Å². The predicted molar refractivity (Wildman–Crippen MR) is 145 cm³/mol.